The highest BCUT2D eigenvalue weighted by Gasteiger charge is 2.20. The Bertz CT molecular complexity index is 3240. The summed E-state index contributed by atoms with van der Waals surface area (Å²) in [5.74, 6) is 1.83. The van der Waals surface area contributed by atoms with Gasteiger partial charge in [0.2, 0.25) is 0 Å². The fourth-order valence-corrected chi connectivity index (χ4v) is 7.92. The maximum atomic E-state index is 6.32. The lowest BCUT2D eigenvalue weighted by Crippen LogP contribution is -2.01. The number of fused-ring (bicyclic) bond motifs is 9. The van der Waals surface area contributed by atoms with Gasteiger partial charge in [0.25, 0.3) is 0 Å². The zero-order valence-electron chi connectivity index (χ0n) is 28.4. The van der Waals surface area contributed by atoms with Gasteiger partial charge in [0.1, 0.15) is 11.2 Å². The summed E-state index contributed by atoms with van der Waals surface area (Å²) in [6.45, 7) is 0. The van der Waals surface area contributed by atoms with Gasteiger partial charge < -0.3 is 4.42 Å². The smallest absolute Gasteiger partial charge is 0.164 e. The number of benzene rings is 8. The maximum absolute atomic E-state index is 6.32. The number of hydrogen-bond acceptors (Lipinski definition) is 5. The van der Waals surface area contributed by atoms with Crippen LogP contribution in [0.5, 0.6) is 0 Å². The van der Waals surface area contributed by atoms with Crippen molar-refractivity contribution in [2.75, 3.05) is 0 Å². The summed E-state index contributed by atoms with van der Waals surface area (Å²) in [4.78, 5) is 20.5. The van der Waals surface area contributed by atoms with Crippen LogP contribution in [0.4, 0.5) is 0 Å². The van der Waals surface area contributed by atoms with Crippen molar-refractivity contribution in [1.82, 2.24) is 19.9 Å². The second kappa shape index (κ2) is 11.7. The van der Waals surface area contributed by atoms with Gasteiger partial charge >= 0.3 is 0 Å². The molecule has 0 spiro atoms. The molecule has 0 fully saturated rings. The molecule has 0 radical (unpaired) electrons. The molecule has 11 aromatic rings. The van der Waals surface area contributed by atoms with Gasteiger partial charge in [-0.25, -0.2) is 15.0 Å². The van der Waals surface area contributed by atoms with Crippen molar-refractivity contribution >= 4 is 65.2 Å². The second-order valence-electron chi connectivity index (χ2n) is 13.4. The first-order valence-corrected chi connectivity index (χ1v) is 17.7. The van der Waals surface area contributed by atoms with E-state index in [1.165, 1.54) is 5.39 Å². The van der Waals surface area contributed by atoms with E-state index in [2.05, 4.69) is 109 Å². The van der Waals surface area contributed by atoms with Crippen LogP contribution in [0.1, 0.15) is 0 Å². The van der Waals surface area contributed by atoms with E-state index in [1.54, 1.807) is 0 Å². The summed E-state index contributed by atoms with van der Waals surface area (Å²) < 4.78 is 6.32. The van der Waals surface area contributed by atoms with Crippen molar-refractivity contribution < 1.29 is 4.42 Å². The van der Waals surface area contributed by atoms with E-state index in [4.69, 9.17) is 24.4 Å². The molecule has 0 unspecified atom stereocenters. The molecule has 0 amide bonds. The third kappa shape index (κ3) is 4.71. The Kier molecular flexibility index (Phi) is 6.48. The molecule has 11 rings (SSSR count). The normalized spacial score (nSPS) is 11.8. The molecule has 5 nitrogen and oxygen atoms in total. The highest BCUT2D eigenvalue weighted by atomic mass is 16.3. The van der Waals surface area contributed by atoms with E-state index < -0.39 is 0 Å². The molecule has 53 heavy (non-hydrogen) atoms. The second-order valence-corrected chi connectivity index (χ2v) is 13.4. The van der Waals surface area contributed by atoms with Gasteiger partial charge in [-0.15, -0.1) is 0 Å². The van der Waals surface area contributed by atoms with Crippen LogP contribution in [0.15, 0.2) is 174 Å². The molecule has 246 valence electrons. The fourth-order valence-electron chi connectivity index (χ4n) is 7.92. The molecule has 0 atom stereocenters. The Labute approximate surface area is 303 Å². The van der Waals surface area contributed by atoms with E-state index >= 15 is 0 Å². The summed E-state index contributed by atoms with van der Waals surface area (Å²) >= 11 is 0. The average molecular weight is 677 g/mol. The monoisotopic (exact) mass is 676 g/mol. The first kappa shape index (κ1) is 29.5. The lowest BCUT2D eigenvalue weighted by molar-refractivity contribution is 0.669. The van der Waals surface area contributed by atoms with Gasteiger partial charge in [-0.2, -0.15) is 0 Å². The van der Waals surface area contributed by atoms with Crippen molar-refractivity contribution in [3.63, 3.8) is 0 Å². The predicted octanol–water partition coefficient (Wildman–Crippen LogP) is 12.4. The molecular formula is C48H28N4O. The van der Waals surface area contributed by atoms with Gasteiger partial charge in [0, 0.05) is 49.8 Å². The molecule has 0 N–H and O–H groups in total. The fraction of sp³-hybridized carbons (Fsp3) is 0. The number of furan rings is 1. The summed E-state index contributed by atoms with van der Waals surface area (Å²) in [6, 6.07) is 56.6. The molecule has 0 saturated heterocycles. The summed E-state index contributed by atoms with van der Waals surface area (Å²) in [5, 5.41) is 9.97. The maximum Gasteiger partial charge on any atom is 0.164 e. The van der Waals surface area contributed by atoms with Crippen LogP contribution in [0, 0.1) is 0 Å². The van der Waals surface area contributed by atoms with Crippen LogP contribution < -0.4 is 0 Å². The molecule has 0 aliphatic rings. The third-order valence-electron chi connectivity index (χ3n) is 10.3. The van der Waals surface area contributed by atoms with E-state index in [9.17, 15) is 0 Å². The van der Waals surface area contributed by atoms with Crippen molar-refractivity contribution in [3.8, 4) is 45.3 Å². The minimum Gasteiger partial charge on any atom is -0.456 e. The molecule has 3 heterocycles. The lowest BCUT2D eigenvalue weighted by atomic mass is 9.92. The number of rotatable bonds is 4. The lowest BCUT2D eigenvalue weighted by Gasteiger charge is -2.15. The highest BCUT2D eigenvalue weighted by Crippen LogP contribution is 2.42. The zero-order chi connectivity index (χ0) is 34.9. The van der Waals surface area contributed by atoms with Crippen LogP contribution in [-0.4, -0.2) is 19.9 Å². The molecule has 0 aliphatic carbocycles. The largest absolute Gasteiger partial charge is 0.456 e. The number of aromatic nitrogens is 4. The SMILES string of the molecule is c1ccc(-c2nc(-c3cc(-c4cccc5oc6ccccc6c45)c4ccccc4c3)nc(-c3cc4cnc5ccccc5c4c4ccccc34)n2)cc1. The topological polar surface area (TPSA) is 64.7 Å². The number of pyridine rings is 1. The van der Waals surface area contributed by atoms with Crippen molar-refractivity contribution in [1.29, 1.82) is 0 Å². The molecule has 5 heteroatoms. The van der Waals surface area contributed by atoms with Gasteiger partial charge in [0.05, 0.1) is 5.52 Å². The number of para-hydroxylation sites is 2. The van der Waals surface area contributed by atoms with Crippen LogP contribution in [0.25, 0.3) is 110 Å². The zero-order valence-corrected chi connectivity index (χ0v) is 28.4. The van der Waals surface area contributed by atoms with Crippen LogP contribution in [-0.2, 0) is 0 Å². The summed E-state index contributed by atoms with van der Waals surface area (Å²) in [7, 11) is 0. The van der Waals surface area contributed by atoms with Gasteiger partial charge in [-0.05, 0) is 69.1 Å². The van der Waals surface area contributed by atoms with E-state index in [0.29, 0.717) is 17.5 Å². The van der Waals surface area contributed by atoms with E-state index in [1.807, 2.05) is 60.8 Å². The van der Waals surface area contributed by atoms with Gasteiger partial charge in [-0.1, -0.05) is 127 Å². The Morgan fingerprint density at radius 3 is 1.89 bits per heavy atom. The Morgan fingerprint density at radius 2 is 1.02 bits per heavy atom. The molecule has 0 bridgehead atoms. The minimum absolute atomic E-state index is 0.603. The van der Waals surface area contributed by atoms with E-state index in [0.717, 1.165) is 87.6 Å². The molecule has 3 aromatic heterocycles. The van der Waals surface area contributed by atoms with Crippen molar-refractivity contribution in [2.45, 2.75) is 0 Å². The molecule has 0 saturated carbocycles. The Balaban J connectivity index is 1.20. The summed E-state index contributed by atoms with van der Waals surface area (Å²) in [6.07, 6.45) is 1.96. The van der Waals surface area contributed by atoms with Crippen LogP contribution in [0.2, 0.25) is 0 Å². The predicted molar refractivity (Wildman–Crippen MR) is 217 cm³/mol. The van der Waals surface area contributed by atoms with Crippen molar-refractivity contribution in [3.05, 3.63) is 170 Å². The summed E-state index contributed by atoms with van der Waals surface area (Å²) in [5.41, 5.74) is 7.65. The Morgan fingerprint density at radius 1 is 0.358 bits per heavy atom. The minimum atomic E-state index is 0.603. The number of hydrogen-bond donors (Lipinski definition) is 0. The first-order chi connectivity index (χ1) is 26.3. The molecule has 0 aliphatic heterocycles. The standard InChI is InChI=1S/C48H28N4O/c1-2-13-29(14-3-1)46-50-47(52-48(51-46)40-27-32-28-49-41-22-10-8-19-37(41)44(32)35-18-7-6-17-34(35)40)31-25-30-15-4-5-16-33(30)39(26-31)36-21-12-24-43-45(36)38-20-9-11-23-42(38)53-43/h1-28H. The molecular weight excluding hydrogens is 649 g/mol. The Hall–Kier alpha value is -7.24. The van der Waals surface area contributed by atoms with Gasteiger partial charge in [0.15, 0.2) is 17.5 Å². The van der Waals surface area contributed by atoms with Crippen molar-refractivity contribution in [2.24, 2.45) is 0 Å². The van der Waals surface area contributed by atoms with Crippen LogP contribution >= 0.6 is 0 Å². The van der Waals surface area contributed by atoms with E-state index in [-0.39, 0.29) is 0 Å². The average Bonchev–Trinajstić information content (AvgIpc) is 3.62. The third-order valence-corrected chi connectivity index (χ3v) is 10.3. The first-order valence-electron chi connectivity index (χ1n) is 17.7. The van der Waals surface area contributed by atoms with Crippen LogP contribution in [0.3, 0.4) is 0 Å². The quantitative estimate of drug-likeness (QED) is 0.174. The molecule has 8 aromatic carbocycles. The van der Waals surface area contributed by atoms with Gasteiger partial charge in [-0.3, -0.25) is 4.98 Å². The number of nitrogens with zero attached hydrogens (tertiary/aromatic N) is 4. The highest BCUT2D eigenvalue weighted by molar-refractivity contribution is 6.22.